The number of para-hydroxylation sites is 3. The molecule has 2 unspecified atom stereocenters. The Morgan fingerprint density at radius 3 is 2.29 bits per heavy atom. The number of rotatable bonds is 6. The van der Waals surface area contributed by atoms with Gasteiger partial charge in [-0.3, -0.25) is 4.90 Å². The molecule has 2 aliphatic heterocycles. The number of benzene rings is 5. The Morgan fingerprint density at radius 2 is 1.49 bits per heavy atom. The number of pyridine rings is 1. The van der Waals surface area contributed by atoms with Crippen molar-refractivity contribution in [2.24, 2.45) is 5.16 Å². The van der Waals surface area contributed by atoms with E-state index in [2.05, 4.69) is 65.6 Å². The molecule has 8 rings (SSSR count). The first-order valence-electron chi connectivity index (χ1n) is 14.9. The second-order valence-electron chi connectivity index (χ2n) is 11.0. The first-order chi connectivity index (χ1) is 22.2. The maximum atomic E-state index is 6.70. The number of nitrogens with zero attached hydrogens (tertiary/aromatic N) is 3. The van der Waals surface area contributed by atoms with Crippen LogP contribution >= 0.6 is 11.8 Å². The predicted molar refractivity (Wildman–Crippen MR) is 179 cm³/mol. The lowest BCUT2D eigenvalue weighted by atomic mass is 9.92. The van der Waals surface area contributed by atoms with Crippen LogP contribution in [0, 0.1) is 0 Å². The number of hydrogen-bond acceptors (Lipinski definition) is 7. The molecule has 2 atom stereocenters. The minimum absolute atomic E-state index is 0.0995. The minimum atomic E-state index is -0.934. The molecule has 0 spiro atoms. The van der Waals surface area contributed by atoms with Gasteiger partial charge in [-0.1, -0.05) is 84.0 Å². The quantitative estimate of drug-likeness (QED) is 0.188. The van der Waals surface area contributed by atoms with Gasteiger partial charge in [0.1, 0.15) is 11.5 Å². The third-order valence-electron chi connectivity index (χ3n) is 8.29. The standard InChI is InChI=1S/C38H29N3O3S/c1-42-29-22-20-26(21-23-29)36-40-44-38(28-13-4-2-5-14-28)25-35(45-34-19-11-10-18-33(34)41(36)38)31-24-27-12-8-9-17-32(27)39-37(31)43-30-15-6-3-7-16-30/h2-24,35H,25H2,1H3. The van der Waals surface area contributed by atoms with E-state index < -0.39 is 5.72 Å². The molecule has 220 valence electrons. The number of oxime groups is 1. The van der Waals surface area contributed by atoms with Gasteiger partial charge in [-0.25, -0.2) is 4.98 Å². The van der Waals surface area contributed by atoms with Crippen LogP contribution in [0.25, 0.3) is 10.9 Å². The molecule has 5 aromatic carbocycles. The highest BCUT2D eigenvalue weighted by molar-refractivity contribution is 7.99. The van der Waals surface area contributed by atoms with E-state index in [9.17, 15) is 0 Å². The molecule has 7 heteroatoms. The molecule has 45 heavy (non-hydrogen) atoms. The zero-order valence-electron chi connectivity index (χ0n) is 24.5. The maximum Gasteiger partial charge on any atom is 0.242 e. The predicted octanol–water partition coefficient (Wildman–Crippen LogP) is 9.32. The monoisotopic (exact) mass is 607 g/mol. The summed E-state index contributed by atoms with van der Waals surface area (Å²) < 4.78 is 12.0. The van der Waals surface area contributed by atoms with Gasteiger partial charge in [0.25, 0.3) is 0 Å². The Balaban J connectivity index is 1.32. The summed E-state index contributed by atoms with van der Waals surface area (Å²) in [5, 5.41) is 5.76. The fraction of sp³-hybridized carbons (Fsp3) is 0.105. The number of thioether (sulfide) groups is 1. The van der Waals surface area contributed by atoms with Crippen LogP contribution in [-0.2, 0) is 10.6 Å². The first-order valence-corrected chi connectivity index (χ1v) is 15.7. The average Bonchev–Trinajstić information content (AvgIpc) is 3.41. The van der Waals surface area contributed by atoms with E-state index in [1.807, 2.05) is 78.9 Å². The van der Waals surface area contributed by atoms with E-state index in [1.165, 1.54) is 0 Å². The van der Waals surface area contributed by atoms with Gasteiger partial charge < -0.3 is 14.3 Å². The number of hydrogen-bond donors (Lipinski definition) is 0. The van der Waals surface area contributed by atoms with Gasteiger partial charge >= 0.3 is 0 Å². The molecule has 1 aromatic heterocycles. The van der Waals surface area contributed by atoms with Crippen LogP contribution in [-0.4, -0.2) is 17.9 Å². The first kappa shape index (κ1) is 27.3. The molecule has 0 saturated carbocycles. The fourth-order valence-corrected chi connectivity index (χ4v) is 7.47. The Labute approximate surface area is 265 Å². The third kappa shape index (κ3) is 4.86. The molecule has 2 aliphatic rings. The van der Waals surface area contributed by atoms with Gasteiger partial charge in [0.05, 0.1) is 18.3 Å². The molecule has 0 fully saturated rings. The number of methoxy groups -OCH3 is 1. The van der Waals surface area contributed by atoms with Crippen LogP contribution in [0.2, 0.25) is 0 Å². The van der Waals surface area contributed by atoms with Gasteiger partial charge in [0, 0.05) is 38.6 Å². The van der Waals surface area contributed by atoms with Gasteiger partial charge in [0.15, 0.2) is 5.84 Å². The zero-order valence-corrected chi connectivity index (χ0v) is 25.4. The molecule has 0 bridgehead atoms. The topological polar surface area (TPSA) is 56.2 Å². The second kappa shape index (κ2) is 11.3. The third-order valence-corrected chi connectivity index (χ3v) is 9.59. The van der Waals surface area contributed by atoms with Gasteiger partial charge in [-0.15, -0.1) is 11.8 Å². The van der Waals surface area contributed by atoms with Crippen LogP contribution < -0.4 is 14.4 Å². The summed E-state index contributed by atoms with van der Waals surface area (Å²) >= 11 is 1.80. The molecule has 0 saturated heterocycles. The van der Waals surface area contributed by atoms with E-state index in [0.29, 0.717) is 12.3 Å². The lowest BCUT2D eigenvalue weighted by Gasteiger charge is -2.38. The highest BCUT2D eigenvalue weighted by Gasteiger charge is 2.53. The largest absolute Gasteiger partial charge is 0.497 e. The molecule has 0 amide bonds. The van der Waals surface area contributed by atoms with Crippen molar-refractivity contribution in [2.75, 3.05) is 12.0 Å². The SMILES string of the molecule is COc1ccc(C2=NOC3(c4ccccc4)CC(c4cc5ccccc5nc4Oc4ccccc4)Sc4ccccc4N23)cc1. The minimum Gasteiger partial charge on any atom is -0.497 e. The normalized spacial score (nSPS) is 18.7. The van der Waals surface area contributed by atoms with Crippen LogP contribution in [0.3, 0.4) is 0 Å². The Morgan fingerprint density at radius 1 is 0.778 bits per heavy atom. The van der Waals surface area contributed by atoms with E-state index in [1.54, 1.807) is 18.9 Å². The van der Waals surface area contributed by atoms with Crippen molar-refractivity contribution in [3.05, 3.63) is 156 Å². The Kier molecular flexibility index (Phi) is 6.88. The van der Waals surface area contributed by atoms with Crippen LogP contribution in [0.1, 0.15) is 28.4 Å². The van der Waals surface area contributed by atoms with Crippen molar-refractivity contribution in [3.8, 4) is 17.4 Å². The number of fused-ring (bicyclic) bond motifs is 4. The Hall–Kier alpha value is -5.27. The van der Waals surface area contributed by atoms with Crippen LogP contribution in [0.15, 0.2) is 150 Å². The summed E-state index contributed by atoms with van der Waals surface area (Å²) in [4.78, 5) is 15.1. The molecule has 0 N–H and O–H groups in total. The molecule has 3 heterocycles. The molecule has 0 aliphatic carbocycles. The summed E-state index contributed by atoms with van der Waals surface area (Å²) in [7, 11) is 1.67. The summed E-state index contributed by atoms with van der Waals surface area (Å²) in [5.41, 5.74) is 3.92. The van der Waals surface area contributed by atoms with Crippen LogP contribution in [0.4, 0.5) is 5.69 Å². The summed E-state index contributed by atoms with van der Waals surface area (Å²) in [6, 6.07) is 47.0. The lowest BCUT2D eigenvalue weighted by molar-refractivity contribution is -0.0284. The van der Waals surface area contributed by atoms with E-state index in [0.717, 1.165) is 55.5 Å². The van der Waals surface area contributed by atoms with Crippen molar-refractivity contribution in [2.45, 2.75) is 22.3 Å². The number of ether oxygens (including phenoxy) is 2. The van der Waals surface area contributed by atoms with Crippen molar-refractivity contribution < 1.29 is 14.3 Å². The summed E-state index contributed by atoms with van der Waals surface area (Å²) in [6.07, 6.45) is 0.574. The highest BCUT2D eigenvalue weighted by Crippen LogP contribution is 2.57. The van der Waals surface area contributed by atoms with Gasteiger partial charge in [-0.2, -0.15) is 0 Å². The maximum absolute atomic E-state index is 6.70. The summed E-state index contributed by atoms with van der Waals surface area (Å²) in [5.74, 6) is 2.85. The molecule has 0 radical (unpaired) electrons. The number of anilines is 1. The number of aromatic nitrogens is 1. The smallest absolute Gasteiger partial charge is 0.242 e. The van der Waals surface area contributed by atoms with Crippen molar-refractivity contribution in [1.29, 1.82) is 0 Å². The van der Waals surface area contributed by atoms with E-state index in [-0.39, 0.29) is 5.25 Å². The molecular weight excluding hydrogens is 579 g/mol. The second-order valence-corrected chi connectivity index (χ2v) is 12.2. The van der Waals surface area contributed by atoms with Crippen molar-refractivity contribution in [3.63, 3.8) is 0 Å². The number of amidine groups is 1. The van der Waals surface area contributed by atoms with E-state index in [4.69, 9.17) is 24.5 Å². The van der Waals surface area contributed by atoms with Crippen molar-refractivity contribution >= 4 is 34.2 Å². The lowest BCUT2D eigenvalue weighted by Crippen LogP contribution is -2.47. The van der Waals surface area contributed by atoms with Crippen LogP contribution in [0.5, 0.6) is 17.4 Å². The zero-order chi connectivity index (χ0) is 30.2. The van der Waals surface area contributed by atoms with E-state index >= 15 is 0 Å². The van der Waals surface area contributed by atoms with Crippen molar-refractivity contribution in [1.82, 2.24) is 4.98 Å². The molecule has 6 nitrogen and oxygen atoms in total. The Bertz CT molecular complexity index is 2020. The average molecular weight is 608 g/mol. The summed E-state index contributed by atoms with van der Waals surface area (Å²) in [6.45, 7) is 0. The highest BCUT2D eigenvalue weighted by atomic mass is 32.2. The molecular formula is C38H29N3O3S. The van der Waals surface area contributed by atoms with Gasteiger partial charge in [-0.05, 0) is 60.7 Å². The van der Waals surface area contributed by atoms with Gasteiger partial charge in [0.2, 0.25) is 11.6 Å². The fourth-order valence-electron chi connectivity index (χ4n) is 6.12. The molecule has 6 aromatic rings.